The maximum atomic E-state index is 12.9. The fourth-order valence-electron chi connectivity index (χ4n) is 2.49. The first-order valence-electron chi connectivity index (χ1n) is 7.93. The van der Waals surface area contributed by atoms with Crippen LogP contribution in [0.5, 0.6) is 5.75 Å². The SMILES string of the molecule is Cn1ccnc1C(NC(=O)COc1ccc(F)cc1)c1ccc(Cl)cc1. The average Bonchev–Trinajstić information content (AvgIpc) is 3.06. The van der Waals surface area contributed by atoms with Crippen LogP contribution in [0, 0.1) is 5.82 Å². The molecule has 0 aliphatic heterocycles. The maximum Gasteiger partial charge on any atom is 0.258 e. The summed E-state index contributed by atoms with van der Waals surface area (Å²) in [6.45, 7) is -0.194. The van der Waals surface area contributed by atoms with Gasteiger partial charge in [0.1, 0.15) is 23.4 Å². The summed E-state index contributed by atoms with van der Waals surface area (Å²) in [5, 5.41) is 3.52. The lowest BCUT2D eigenvalue weighted by Gasteiger charge is -2.19. The molecule has 0 bridgehead atoms. The number of aryl methyl sites for hydroxylation is 1. The van der Waals surface area contributed by atoms with Crippen LogP contribution >= 0.6 is 11.6 Å². The zero-order valence-electron chi connectivity index (χ0n) is 14.0. The number of halogens is 2. The van der Waals surface area contributed by atoms with Gasteiger partial charge < -0.3 is 14.6 Å². The highest BCUT2D eigenvalue weighted by molar-refractivity contribution is 6.30. The molecule has 1 aromatic heterocycles. The van der Waals surface area contributed by atoms with Crippen molar-refractivity contribution >= 4 is 17.5 Å². The lowest BCUT2D eigenvalue weighted by molar-refractivity contribution is -0.123. The fourth-order valence-corrected chi connectivity index (χ4v) is 2.62. The molecule has 134 valence electrons. The third kappa shape index (κ3) is 4.40. The van der Waals surface area contributed by atoms with Crippen LogP contribution < -0.4 is 10.1 Å². The lowest BCUT2D eigenvalue weighted by atomic mass is 10.1. The standard InChI is InChI=1S/C19H17ClFN3O2/c1-24-11-10-22-19(24)18(13-2-4-14(20)5-3-13)23-17(25)12-26-16-8-6-15(21)7-9-16/h2-11,18H,12H2,1H3,(H,23,25). The first-order chi connectivity index (χ1) is 12.5. The third-order valence-electron chi connectivity index (χ3n) is 3.81. The minimum absolute atomic E-state index is 0.194. The number of ether oxygens (including phenoxy) is 1. The highest BCUT2D eigenvalue weighted by atomic mass is 35.5. The highest BCUT2D eigenvalue weighted by Gasteiger charge is 2.21. The molecule has 0 spiro atoms. The van der Waals surface area contributed by atoms with Crippen LogP contribution in [0.2, 0.25) is 5.02 Å². The number of rotatable bonds is 6. The molecule has 3 aromatic rings. The van der Waals surface area contributed by atoms with Crippen LogP contribution in [0.3, 0.4) is 0 Å². The van der Waals surface area contributed by atoms with E-state index in [4.69, 9.17) is 16.3 Å². The average molecular weight is 374 g/mol. The Balaban J connectivity index is 1.73. The van der Waals surface area contributed by atoms with Crippen molar-refractivity contribution in [1.82, 2.24) is 14.9 Å². The van der Waals surface area contributed by atoms with E-state index in [1.807, 2.05) is 23.7 Å². The molecule has 1 N–H and O–H groups in total. The molecule has 2 aromatic carbocycles. The zero-order valence-corrected chi connectivity index (χ0v) is 14.8. The molecule has 0 radical (unpaired) electrons. The third-order valence-corrected chi connectivity index (χ3v) is 4.06. The highest BCUT2D eigenvalue weighted by Crippen LogP contribution is 2.22. The summed E-state index contributed by atoms with van der Waals surface area (Å²) >= 11 is 5.95. The smallest absolute Gasteiger partial charge is 0.258 e. The van der Waals surface area contributed by atoms with Crippen molar-refractivity contribution in [1.29, 1.82) is 0 Å². The monoisotopic (exact) mass is 373 g/mol. The van der Waals surface area contributed by atoms with E-state index in [1.54, 1.807) is 24.5 Å². The van der Waals surface area contributed by atoms with Gasteiger partial charge in [0.15, 0.2) is 6.61 Å². The van der Waals surface area contributed by atoms with Crippen LogP contribution in [0.1, 0.15) is 17.4 Å². The van der Waals surface area contributed by atoms with Gasteiger partial charge in [0.2, 0.25) is 0 Å². The molecule has 3 rings (SSSR count). The molecule has 0 saturated heterocycles. The number of nitrogens with one attached hydrogen (secondary N) is 1. The molecule has 7 heteroatoms. The number of benzene rings is 2. The summed E-state index contributed by atoms with van der Waals surface area (Å²) in [6.07, 6.45) is 3.47. The van der Waals surface area contributed by atoms with E-state index in [0.717, 1.165) is 5.56 Å². The Labute approximate surface area is 155 Å². The maximum absolute atomic E-state index is 12.9. The summed E-state index contributed by atoms with van der Waals surface area (Å²) in [6, 6.07) is 12.2. The minimum Gasteiger partial charge on any atom is -0.484 e. The van der Waals surface area contributed by atoms with Crippen LogP contribution in [0.4, 0.5) is 4.39 Å². The zero-order chi connectivity index (χ0) is 18.5. The number of nitrogens with zero attached hydrogens (tertiary/aromatic N) is 2. The molecule has 5 nitrogen and oxygen atoms in total. The van der Waals surface area contributed by atoms with Gasteiger partial charge in [-0.3, -0.25) is 4.79 Å². The number of amides is 1. The molecule has 1 heterocycles. The van der Waals surface area contributed by atoms with E-state index in [2.05, 4.69) is 10.3 Å². The van der Waals surface area contributed by atoms with Crippen LogP contribution in [0.15, 0.2) is 60.9 Å². The normalized spacial score (nSPS) is 11.8. The molecule has 0 aliphatic carbocycles. The number of hydrogen-bond acceptors (Lipinski definition) is 3. The van der Waals surface area contributed by atoms with E-state index in [9.17, 15) is 9.18 Å². The van der Waals surface area contributed by atoms with Gasteiger partial charge in [0.05, 0.1) is 0 Å². The molecule has 0 fully saturated rings. The summed E-state index contributed by atoms with van der Waals surface area (Å²) in [4.78, 5) is 16.7. The minimum atomic E-state index is -0.448. The van der Waals surface area contributed by atoms with Crippen molar-refractivity contribution < 1.29 is 13.9 Å². The van der Waals surface area contributed by atoms with Gasteiger partial charge in [-0.15, -0.1) is 0 Å². The number of carbonyl (C=O) groups is 1. The second kappa shape index (κ2) is 8.01. The van der Waals surface area contributed by atoms with E-state index in [-0.39, 0.29) is 18.3 Å². The molecule has 26 heavy (non-hydrogen) atoms. The molecule has 0 aliphatic rings. The largest absolute Gasteiger partial charge is 0.484 e. The molecular weight excluding hydrogens is 357 g/mol. The topological polar surface area (TPSA) is 56.2 Å². The summed E-state index contributed by atoms with van der Waals surface area (Å²) in [7, 11) is 1.85. The van der Waals surface area contributed by atoms with E-state index in [0.29, 0.717) is 16.6 Å². The Kier molecular flexibility index (Phi) is 5.53. The van der Waals surface area contributed by atoms with Crippen LogP contribution in [-0.2, 0) is 11.8 Å². The van der Waals surface area contributed by atoms with E-state index in [1.165, 1.54) is 24.3 Å². The summed E-state index contributed by atoms with van der Waals surface area (Å²) in [5.74, 6) is 0.417. The Morgan fingerprint density at radius 3 is 2.54 bits per heavy atom. The molecular formula is C19H17ClFN3O2. The first kappa shape index (κ1) is 17.9. The van der Waals surface area contributed by atoms with Crippen molar-refractivity contribution in [3.8, 4) is 5.75 Å². The number of carbonyl (C=O) groups excluding carboxylic acids is 1. The van der Waals surface area contributed by atoms with E-state index >= 15 is 0 Å². The Bertz CT molecular complexity index is 879. The lowest BCUT2D eigenvalue weighted by Crippen LogP contribution is -2.34. The quantitative estimate of drug-likeness (QED) is 0.719. The molecule has 0 saturated carbocycles. The van der Waals surface area contributed by atoms with Gasteiger partial charge in [0.25, 0.3) is 5.91 Å². The van der Waals surface area contributed by atoms with Gasteiger partial charge in [0, 0.05) is 24.5 Å². The van der Waals surface area contributed by atoms with Gasteiger partial charge in [-0.2, -0.15) is 0 Å². The van der Waals surface area contributed by atoms with Gasteiger partial charge >= 0.3 is 0 Å². The number of hydrogen-bond donors (Lipinski definition) is 1. The van der Waals surface area contributed by atoms with Crippen molar-refractivity contribution in [2.45, 2.75) is 6.04 Å². The van der Waals surface area contributed by atoms with Gasteiger partial charge in [-0.05, 0) is 42.0 Å². The van der Waals surface area contributed by atoms with Crippen LogP contribution in [0.25, 0.3) is 0 Å². The predicted octanol–water partition coefficient (Wildman–Crippen LogP) is 3.50. The predicted molar refractivity (Wildman–Crippen MR) is 96.5 cm³/mol. The number of aromatic nitrogens is 2. The van der Waals surface area contributed by atoms with Gasteiger partial charge in [-0.1, -0.05) is 23.7 Å². The van der Waals surface area contributed by atoms with Crippen molar-refractivity contribution in [3.63, 3.8) is 0 Å². The molecule has 1 atom stereocenters. The Hall–Kier alpha value is -2.86. The van der Waals surface area contributed by atoms with Crippen LogP contribution in [-0.4, -0.2) is 22.1 Å². The molecule has 1 amide bonds. The second-order valence-electron chi connectivity index (χ2n) is 5.69. The Morgan fingerprint density at radius 2 is 1.92 bits per heavy atom. The first-order valence-corrected chi connectivity index (χ1v) is 8.31. The summed E-state index contributed by atoms with van der Waals surface area (Å²) in [5.41, 5.74) is 0.846. The fraction of sp³-hybridized carbons (Fsp3) is 0.158. The molecule has 1 unspecified atom stereocenters. The van der Waals surface area contributed by atoms with Crippen molar-refractivity contribution in [2.75, 3.05) is 6.61 Å². The van der Waals surface area contributed by atoms with E-state index < -0.39 is 6.04 Å². The van der Waals surface area contributed by atoms with Crippen molar-refractivity contribution in [3.05, 3.63) is 83.2 Å². The van der Waals surface area contributed by atoms with Gasteiger partial charge in [-0.25, -0.2) is 9.37 Å². The second-order valence-corrected chi connectivity index (χ2v) is 6.13. The Morgan fingerprint density at radius 1 is 1.23 bits per heavy atom. The summed E-state index contributed by atoms with van der Waals surface area (Å²) < 4.78 is 20.1. The van der Waals surface area contributed by atoms with Crippen molar-refractivity contribution in [2.24, 2.45) is 7.05 Å². The number of imidazole rings is 1.